The van der Waals surface area contributed by atoms with Crippen LogP contribution in [0.5, 0.6) is 0 Å². The average Bonchev–Trinajstić information content (AvgIpc) is 2.89. The molecule has 2 unspecified atom stereocenters. The predicted molar refractivity (Wildman–Crippen MR) is 72.4 cm³/mol. The van der Waals surface area contributed by atoms with E-state index >= 15 is 0 Å². The Morgan fingerprint density at radius 1 is 1.35 bits per heavy atom. The van der Waals surface area contributed by atoms with Crippen LogP contribution in [0.15, 0.2) is 0 Å². The van der Waals surface area contributed by atoms with Crippen molar-refractivity contribution < 1.29 is 0 Å². The Morgan fingerprint density at radius 2 is 2.18 bits per heavy atom. The lowest BCUT2D eigenvalue weighted by atomic mass is 10.2. The quantitative estimate of drug-likeness (QED) is 0.877. The molecule has 0 radical (unpaired) electrons. The molecule has 0 aliphatic carbocycles. The van der Waals surface area contributed by atoms with Gasteiger partial charge in [-0.1, -0.05) is 18.3 Å². The Morgan fingerprint density at radius 3 is 2.88 bits per heavy atom. The van der Waals surface area contributed by atoms with Crippen molar-refractivity contribution >= 4 is 16.5 Å². The number of nitrogens with zero attached hydrogens (tertiary/aromatic N) is 3. The molecular weight excluding hydrogens is 232 g/mol. The second-order valence-electron chi connectivity index (χ2n) is 4.69. The molecule has 1 aliphatic heterocycles. The van der Waals surface area contributed by atoms with Gasteiger partial charge in [-0.3, -0.25) is 4.90 Å². The molecule has 17 heavy (non-hydrogen) atoms. The van der Waals surface area contributed by atoms with Crippen molar-refractivity contribution in [3.63, 3.8) is 0 Å². The van der Waals surface area contributed by atoms with Crippen LogP contribution in [0, 0.1) is 0 Å². The van der Waals surface area contributed by atoms with E-state index in [1.54, 1.807) is 11.3 Å². The number of anilines is 1. The third-order valence-electron chi connectivity index (χ3n) is 3.54. The molecular formula is C12H22N4S. The van der Waals surface area contributed by atoms with Crippen LogP contribution < -0.4 is 5.32 Å². The van der Waals surface area contributed by atoms with Gasteiger partial charge < -0.3 is 5.32 Å². The van der Waals surface area contributed by atoms with E-state index in [1.807, 2.05) is 0 Å². The van der Waals surface area contributed by atoms with E-state index in [0.717, 1.165) is 29.3 Å². The van der Waals surface area contributed by atoms with Crippen LogP contribution in [0.1, 0.15) is 45.0 Å². The molecule has 0 bridgehead atoms. The zero-order valence-corrected chi connectivity index (χ0v) is 11.8. The first-order valence-corrected chi connectivity index (χ1v) is 7.38. The number of likely N-dealkylation sites (tertiary alicyclic amines) is 1. The maximum atomic E-state index is 4.27. The summed E-state index contributed by atoms with van der Waals surface area (Å²) in [5.74, 6) is 0. The summed E-state index contributed by atoms with van der Waals surface area (Å²) < 4.78 is 0. The molecule has 5 heteroatoms. The van der Waals surface area contributed by atoms with Crippen molar-refractivity contribution in [1.82, 2.24) is 15.1 Å². The van der Waals surface area contributed by atoms with Crippen LogP contribution in [0.4, 0.5) is 5.13 Å². The van der Waals surface area contributed by atoms with Gasteiger partial charge in [-0.05, 0) is 33.1 Å². The third kappa shape index (κ3) is 2.96. The highest BCUT2D eigenvalue weighted by molar-refractivity contribution is 7.15. The van der Waals surface area contributed by atoms with Crippen LogP contribution in [-0.2, 0) is 6.54 Å². The SMILES string of the molecule is CCNc1nnc(CN2C(C)CCC2CC)s1. The average molecular weight is 254 g/mol. The van der Waals surface area contributed by atoms with E-state index in [2.05, 4.69) is 41.2 Å². The van der Waals surface area contributed by atoms with Crippen molar-refractivity contribution in [1.29, 1.82) is 0 Å². The molecule has 1 fully saturated rings. The van der Waals surface area contributed by atoms with Crippen molar-refractivity contribution in [2.75, 3.05) is 11.9 Å². The highest BCUT2D eigenvalue weighted by atomic mass is 32.1. The summed E-state index contributed by atoms with van der Waals surface area (Å²) >= 11 is 1.68. The summed E-state index contributed by atoms with van der Waals surface area (Å²) in [5, 5.41) is 13.7. The number of hydrogen-bond donors (Lipinski definition) is 1. The molecule has 2 rings (SSSR count). The Hall–Kier alpha value is -0.680. The first-order chi connectivity index (χ1) is 8.24. The molecule has 1 aromatic rings. The van der Waals surface area contributed by atoms with Crippen molar-refractivity contribution in [3.8, 4) is 0 Å². The topological polar surface area (TPSA) is 41.1 Å². The summed E-state index contributed by atoms with van der Waals surface area (Å²) in [7, 11) is 0. The molecule has 1 aromatic heterocycles. The van der Waals surface area contributed by atoms with E-state index < -0.39 is 0 Å². The molecule has 0 spiro atoms. The van der Waals surface area contributed by atoms with Crippen LogP contribution in [0.3, 0.4) is 0 Å². The second-order valence-corrected chi connectivity index (χ2v) is 5.75. The summed E-state index contributed by atoms with van der Waals surface area (Å²) in [6.45, 7) is 8.55. The lowest BCUT2D eigenvalue weighted by molar-refractivity contribution is 0.189. The fraction of sp³-hybridized carbons (Fsp3) is 0.833. The van der Waals surface area contributed by atoms with Crippen LogP contribution in [0.25, 0.3) is 0 Å². The molecule has 4 nitrogen and oxygen atoms in total. The molecule has 2 atom stereocenters. The summed E-state index contributed by atoms with van der Waals surface area (Å²) in [5.41, 5.74) is 0. The van der Waals surface area contributed by atoms with Crippen LogP contribution in [-0.4, -0.2) is 33.7 Å². The fourth-order valence-corrected chi connectivity index (χ4v) is 3.36. The first-order valence-electron chi connectivity index (χ1n) is 6.56. The summed E-state index contributed by atoms with van der Waals surface area (Å²) in [6, 6.07) is 1.42. The molecule has 0 saturated carbocycles. The van der Waals surface area contributed by atoms with Gasteiger partial charge in [0.05, 0.1) is 6.54 Å². The van der Waals surface area contributed by atoms with Crippen LogP contribution in [0.2, 0.25) is 0 Å². The lowest BCUT2D eigenvalue weighted by Crippen LogP contribution is -2.33. The zero-order chi connectivity index (χ0) is 12.3. The van der Waals surface area contributed by atoms with Gasteiger partial charge >= 0.3 is 0 Å². The van der Waals surface area contributed by atoms with E-state index in [-0.39, 0.29) is 0 Å². The Labute approximate surface area is 107 Å². The van der Waals surface area contributed by atoms with Crippen molar-refractivity contribution in [2.24, 2.45) is 0 Å². The van der Waals surface area contributed by atoms with Crippen molar-refractivity contribution in [2.45, 2.75) is 58.7 Å². The maximum absolute atomic E-state index is 4.27. The second kappa shape index (κ2) is 5.78. The van der Waals surface area contributed by atoms with E-state index in [9.17, 15) is 0 Å². The van der Waals surface area contributed by atoms with Crippen LogP contribution >= 0.6 is 11.3 Å². The fourth-order valence-electron chi connectivity index (χ4n) is 2.55. The smallest absolute Gasteiger partial charge is 0.205 e. The standard InChI is InChI=1S/C12H22N4S/c1-4-10-7-6-9(3)16(10)8-11-14-15-12(17-11)13-5-2/h9-10H,4-8H2,1-3H3,(H,13,15). The number of aromatic nitrogens is 2. The number of hydrogen-bond acceptors (Lipinski definition) is 5. The molecule has 96 valence electrons. The molecule has 1 saturated heterocycles. The first kappa shape index (κ1) is 12.8. The lowest BCUT2D eigenvalue weighted by Gasteiger charge is -2.26. The molecule has 1 aliphatic rings. The highest BCUT2D eigenvalue weighted by Crippen LogP contribution is 2.29. The van der Waals surface area contributed by atoms with Gasteiger partial charge in [0.2, 0.25) is 5.13 Å². The Bertz CT molecular complexity index is 352. The van der Waals surface area contributed by atoms with Gasteiger partial charge in [0.25, 0.3) is 0 Å². The molecule has 0 aromatic carbocycles. The van der Waals surface area contributed by atoms with E-state index in [1.165, 1.54) is 19.3 Å². The maximum Gasteiger partial charge on any atom is 0.205 e. The van der Waals surface area contributed by atoms with Gasteiger partial charge in [-0.25, -0.2) is 0 Å². The minimum Gasteiger partial charge on any atom is -0.360 e. The van der Waals surface area contributed by atoms with Gasteiger partial charge in [0, 0.05) is 18.6 Å². The van der Waals surface area contributed by atoms with E-state index in [4.69, 9.17) is 0 Å². The molecule has 1 N–H and O–H groups in total. The highest BCUT2D eigenvalue weighted by Gasteiger charge is 2.29. The largest absolute Gasteiger partial charge is 0.360 e. The number of rotatable bonds is 5. The van der Waals surface area contributed by atoms with E-state index in [0.29, 0.717) is 6.04 Å². The summed E-state index contributed by atoms with van der Waals surface area (Å²) in [6.07, 6.45) is 3.89. The Kier molecular flexibility index (Phi) is 4.34. The molecule has 2 heterocycles. The minimum absolute atomic E-state index is 0.687. The van der Waals surface area contributed by atoms with Gasteiger partial charge in [-0.2, -0.15) is 0 Å². The molecule has 0 amide bonds. The zero-order valence-electron chi connectivity index (χ0n) is 10.9. The predicted octanol–water partition coefficient (Wildman–Crippen LogP) is 2.73. The minimum atomic E-state index is 0.687. The monoisotopic (exact) mass is 254 g/mol. The Balaban J connectivity index is 1.98. The van der Waals surface area contributed by atoms with Gasteiger partial charge in [-0.15, -0.1) is 10.2 Å². The van der Waals surface area contributed by atoms with Gasteiger partial charge in [0.1, 0.15) is 5.01 Å². The number of nitrogens with one attached hydrogen (secondary N) is 1. The summed E-state index contributed by atoms with van der Waals surface area (Å²) in [4.78, 5) is 2.58. The van der Waals surface area contributed by atoms with Gasteiger partial charge in [0.15, 0.2) is 0 Å². The third-order valence-corrected chi connectivity index (χ3v) is 4.40. The van der Waals surface area contributed by atoms with Crippen molar-refractivity contribution in [3.05, 3.63) is 5.01 Å². The normalized spacial score (nSPS) is 25.4.